The first-order chi connectivity index (χ1) is 5.83. The average molecular weight is 166 g/mol. The van der Waals surface area contributed by atoms with Gasteiger partial charge in [-0.2, -0.15) is 0 Å². The molecule has 1 aromatic heterocycles. The Morgan fingerprint density at radius 1 is 1.50 bits per heavy atom. The van der Waals surface area contributed by atoms with Crippen LogP contribution in [-0.2, 0) is 6.42 Å². The molecule has 3 N–H and O–H groups in total. The Hall–Kier alpha value is -0.930. The zero-order valence-electron chi connectivity index (χ0n) is 6.98. The number of aliphatic hydroxyl groups is 1. The minimum Gasteiger partial charge on any atom is -0.393 e. The van der Waals surface area contributed by atoms with E-state index < -0.39 is 0 Å². The van der Waals surface area contributed by atoms with Crippen molar-refractivity contribution in [3.05, 3.63) is 30.1 Å². The fourth-order valence-electron chi connectivity index (χ4n) is 1.05. The van der Waals surface area contributed by atoms with Gasteiger partial charge in [0.2, 0.25) is 0 Å². The van der Waals surface area contributed by atoms with Crippen molar-refractivity contribution in [3.8, 4) is 0 Å². The maximum absolute atomic E-state index is 9.38. The minimum absolute atomic E-state index is 0.357. The normalized spacial score (nSPS) is 12.8. The van der Waals surface area contributed by atoms with Crippen LogP contribution in [0, 0.1) is 0 Å². The second kappa shape index (κ2) is 4.85. The van der Waals surface area contributed by atoms with Gasteiger partial charge in [0.05, 0.1) is 6.10 Å². The van der Waals surface area contributed by atoms with Gasteiger partial charge in [-0.1, -0.05) is 6.07 Å². The topological polar surface area (TPSA) is 59.1 Å². The Labute approximate surface area is 72.2 Å². The van der Waals surface area contributed by atoms with Crippen molar-refractivity contribution >= 4 is 0 Å². The number of aromatic nitrogens is 1. The van der Waals surface area contributed by atoms with E-state index in [1.165, 1.54) is 0 Å². The molecule has 0 saturated carbocycles. The van der Waals surface area contributed by atoms with Crippen LogP contribution in [0.1, 0.15) is 12.1 Å². The monoisotopic (exact) mass is 166 g/mol. The summed E-state index contributed by atoms with van der Waals surface area (Å²) in [6, 6.07) is 5.68. The molecule has 12 heavy (non-hydrogen) atoms. The first kappa shape index (κ1) is 9.16. The molecule has 0 saturated heterocycles. The predicted octanol–water partition coefficient (Wildman–Crippen LogP) is 0.334. The molecule has 0 aliphatic carbocycles. The van der Waals surface area contributed by atoms with E-state index >= 15 is 0 Å². The highest BCUT2D eigenvalue weighted by Crippen LogP contribution is 2.01. The SMILES string of the molecule is NCCC(O)Cc1ccccn1. The van der Waals surface area contributed by atoms with Gasteiger partial charge >= 0.3 is 0 Å². The number of nitrogens with two attached hydrogens (primary N) is 1. The summed E-state index contributed by atoms with van der Waals surface area (Å²) in [4.78, 5) is 4.10. The third kappa shape index (κ3) is 2.98. The maximum Gasteiger partial charge on any atom is 0.0607 e. The zero-order chi connectivity index (χ0) is 8.81. The van der Waals surface area contributed by atoms with Gasteiger partial charge in [-0.25, -0.2) is 0 Å². The molecular formula is C9H14N2O. The van der Waals surface area contributed by atoms with E-state index in [9.17, 15) is 5.11 Å². The van der Waals surface area contributed by atoms with Crippen molar-refractivity contribution in [3.63, 3.8) is 0 Å². The number of pyridine rings is 1. The van der Waals surface area contributed by atoms with Crippen molar-refractivity contribution in [1.82, 2.24) is 4.98 Å². The van der Waals surface area contributed by atoms with Gasteiger partial charge in [0.25, 0.3) is 0 Å². The Morgan fingerprint density at radius 3 is 2.92 bits per heavy atom. The lowest BCUT2D eigenvalue weighted by molar-refractivity contribution is 0.166. The molecule has 0 fully saturated rings. The molecule has 1 unspecified atom stereocenters. The first-order valence-electron chi connectivity index (χ1n) is 4.11. The van der Waals surface area contributed by atoms with Crippen LogP contribution >= 0.6 is 0 Å². The lowest BCUT2D eigenvalue weighted by Gasteiger charge is -2.07. The molecule has 0 aromatic carbocycles. The third-order valence-corrected chi connectivity index (χ3v) is 1.67. The van der Waals surface area contributed by atoms with Crippen LogP contribution in [0.2, 0.25) is 0 Å². The lowest BCUT2D eigenvalue weighted by atomic mass is 10.1. The molecule has 3 nitrogen and oxygen atoms in total. The quantitative estimate of drug-likeness (QED) is 0.677. The Morgan fingerprint density at radius 2 is 2.33 bits per heavy atom. The molecule has 0 bridgehead atoms. The van der Waals surface area contributed by atoms with Gasteiger partial charge in [-0.3, -0.25) is 4.98 Å². The Kier molecular flexibility index (Phi) is 3.70. The molecule has 3 heteroatoms. The highest BCUT2D eigenvalue weighted by molar-refractivity contribution is 5.04. The summed E-state index contributed by atoms with van der Waals surface area (Å²) in [5.41, 5.74) is 6.22. The van der Waals surface area contributed by atoms with E-state index in [-0.39, 0.29) is 6.10 Å². The fraction of sp³-hybridized carbons (Fsp3) is 0.444. The number of hydrogen-bond acceptors (Lipinski definition) is 3. The molecule has 0 spiro atoms. The third-order valence-electron chi connectivity index (χ3n) is 1.67. The van der Waals surface area contributed by atoms with Crippen LogP contribution in [-0.4, -0.2) is 22.7 Å². The summed E-state index contributed by atoms with van der Waals surface area (Å²) >= 11 is 0. The van der Waals surface area contributed by atoms with Crippen molar-refractivity contribution in [1.29, 1.82) is 0 Å². The molecule has 0 amide bonds. The van der Waals surface area contributed by atoms with Crippen LogP contribution in [0.4, 0.5) is 0 Å². The minimum atomic E-state index is -0.357. The molecule has 1 aromatic rings. The molecule has 0 radical (unpaired) electrons. The van der Waals surface area contributed by atoms with Gasteiger partial charge in [0.15, 0.2) is 0 Å². The van der Waals surface area contributed by atoms with E-state index in [1.807, 2.05) is 18.2 Å². The summed E-state index contributed by atoms with van der Waals surface area (Å²) in [6.07, 6.45) is 2.60. The molecule has 66 valence electrons. The second-order valence-corrected chi connectivity index (χ2v) is 2.76. The number of nitrogens with zero attached hydrogens (tertiary/aromatic N) is 1. The van der Waals surface area contributed by atoms with Crippen LogP contribution in [0.25, 0.3) is 0 Å². The summed E-state index contributed by atoms with van der Waals surface area (Å²) in [5.74, 6) is 0. The van der Waals surface area contributed by atoms with Crippen LogP contribution in [0.15, 0.2) is 24.4 Å². The highest BCUT2D eigenvalue weighted by atomic mass is 16.3. The van der Waals surface area contributed by atoms with Crippen molar-refractivity contribution in [2.45, 2.75) is 18.9 Å². The largest absolute Gasteiger partial charge is 0.393 e. The summed E-state index contributed by atoms with van der Waals surface area (Å²) in [7, 11) is 0. The second-order valence-electron chi connectivity index (χ2n) is 2.76. The van der Waals surface area contributed by atoms with Crippen LogP contribution in [0.5, 0.6) is 0 Å². The maximum atomic E-state index is 9.38. The molecule has 1 rings (SSSR count). The first-order valence-corrected chi connectivity index (χ1v) is 4.11. The van der Waals surface area contributed by atoms with E-state index in [0.29, 0.717) is 19.4 Å². The van der Waals surface area contributed by atoms with E-state index in [1.54, 1.807) is 6.20 Å². The summed E-state index contributed by atoms with van der Waals surface area (Å²) in [5, 5.41) is 9.38. The smallest absolute Gasteiger partial charge is 0.0607 e. The van der Waals surface area contributed by atoms with Gasteiger partial charge in [-0.15, -0.1) is 0 Å². The molecular weight excluding hydrogens is 152 g/mol. The predicted molar refractivity (Wildman–Crippen MR) is 47.6 cm³/mol. The van der Waals surface area contributed by atoms with E-state index in [0.717, 1.165) is 5.69 Å². The Balaban J connectivity index is 2.41. The van der Waals surface area contributed by atoms with Gasteiger partial charge in [-0.05, 0) is 25.1 Å². The number of aliphatic hydroxyl groups excluding tert-OH is 1. The van der Waals surface area contributed by atoms with Crippen molar-refractivity contribution < 1.29 is 5.11 Å². The molecule has 0 aliphatic rings. The van der Waals surface area contributed by atoms with Crippen LogP contribution in [0.3, 0.4) is 0 Å². The zero-order valence-corrected chi connectivity index (χ0v) is 6.98. The average Bonchev–Trinajstić information content (AvgIpc) is 2.06. The van der Waals surface area contributed by atoms with Crippen molar-refractivity contribution in [2.75, 3.05) is 6.54 Å². The standard InChI is InChI=1S/C9H14N2O/c10-5-4-9(12)7-8-3-1-2-6-11-8/h1-3,6,9,12H,4-5,7,10H2. The highest BCUT2D eigenvalue weighted by Gasteiger charge is 2.03. The number of hydrogen-bond donors (Lipinski definition) is 2. The fourth-order valence-corrected chi connectivity index (χ4v) is 1.05. The molecule has 0 aliphatic heterocycles. The van der Waals surface area contributed by atoms with E-state index in [2.05, 4.69) is 4.98 Å². The molecule has 1 atom stereocenters. The van der Waals surface area contributed by atoms with Gasteiger partial charge < -0.3 is 10.8 Å². The van der Waals surface area contributed by atoms with Gasteiger partial charge in [0, 0.05) is 18.3 Å². The molecule has 1 heterocycles. The van der Waals surface area contributed by atoms with Crippen LogP contribution < -0.4 is 5.73 Å². The van der Waals surface area contributed by atoms with Gasteiger partial charge in [0.1, 0.15) is 0 Å². The summed E-state index contributed by atoms with van der Waals surface area (Å²) < 4.78 is 0. The summed E-state index contributed by atoms with van der Waals surface area (Å²) in [6.45, 7) is 0.522. The van der Waals surface area contributed by atoms with E-state index in [4.69, 9.17) is 5.73 Å². The van der Waals surface area contributed by atoms with Crippen molar-refractivity contribution in [2.24, 2.45) is 5.73 Å². The number of rotatable bonds is 4. The lowest BCUT2D eigenvalue weighted by Crippen LogP contribution is -2.16. The Bertz CT molecular complexity index is 213.